The average molecular weight is 306 g/mol. The molecule has 1 aliphatic heterocycles. The summed E-state index contributed by atoms with van der Waals surface area (Å²) in [6.45, 7) is 4.48. The van der Waals surface area contributed by atoms with Crippen LogP contribution >= 0.6 is 0 Å². The van der Waals surface area contributed by atoms with Crippen molar-refractivity contribution in [3.63, 3.8) is 0 Å². The second kappa shape index (κ2) is 6.19. The van der Waals surface area contributed by atoms with Gasteiger partial charge in [0.2, 0.25) is 5.91 Å². The maximum atomic E-state index is 12.0. The minimum Gasteiger partial charge on any atom is -0.312 e. The molecule has 1 aliphatic rings. The molecule has 0 aromatic heterocycles. The molecule has 5 nitrogen and oxygen atoms in total. The Morgan fingerprint density at radius 3 is 2.71 bits per heavy atom. The van der Waals surface area contributed by atoms with Gasteiger partial charge in [-0.15, -0.1) is 0 Å². The molecule has 0 saturated carbocycles. The van der Waals surface area contributed by atoms with Crippen molar-refractivity contribution >= 4 is 28.6 Å². The van der Waals surface area contributed by atoms with Gasteiger partial charge in [0.05, 0.1) is 0 Å². The van der Waals surface area contributed by atoms with Crippen LogP contribution in [0.2, 0.25) is 0 Å². The van der Waals surface area contributed by atoms with Gasteiger partial charge in [-0.3, -0.25) is 4.79 Å². The number of carbonyl (C=O) groups is 1. The molecule has 1 heterocycles. The number of nitrogens with zero attached hydrogens (tertiary/aromatic N) is 1. The molecule has 0 spiro atoms. The second-order valence-corrected chi connectivity index (χ2v) is 6.64. The maximum absolute atomic E-state index is 12.0. The van der Waals surface area contributed by atoms with E-state index in [9.17, 15) is 13.2 Å². The summed E-state index contributed by atoms with van der Waals surface area (Å²) in [5.41, 5.74) is 2.84. The quantitative estimate of drug-likeness (QED) is 0.837. The van der Waals surface area contributed by atoms with E-state index in [1.165, 1.54) is 0 Å². The van der Waals surface area contributed by atoms with Gasteiger partial charge in [-0.1, -0.05) is 19.1 Å². The zero-order chi connectivity index (χ0) is 15.6. The van der Waals surface area contributed by atoms with Crippen molar-refractivity contribution in [3.8, 4) is 0 Å². The van der Waals surface area contributed by atoms with E-state index in [-0.39, 0.29) is 5.91 Å². The van der Waals surface area contributed by atoms with Crippen LogP contribution in [-0.4, -0.2) is 28.0 Å². The van der Waals surface area contributed by atoms with Crippen molar-refractivity contribution in [2.75, 3.05) is 11.4 Å². The summed E-state index contributed by atoms with van der Waals surface area (Å²) in [6.07, 6.45) is 2.08. The fraction of sp³-hybridized carbons (Fsp3) is 0.500. The van der Waals surface area contributed by atoms with Crippen molar-refractivity contribution in [2.45, 2.75) is 39.2 Å². The van der Waals surface area contributed by atoms with E-state index in [0.29, 0.717) is 19.4 Å². The summed E-state index contributed by atoms with van der Waals surface area (Å²) in [5.74, 6) is 0.146. The van der Waals surface area contributed by atoms with Crippen LogP contribution in [0.3, 0.4) is 0 Å². The first-order chi connectivity index (χ1) is 9.81. The van der Waals surface area contributed by atoms with Crippen molar-refractivity contribution in [1.29, 1.82) is 0 Å². The average Bonchev–Trinajstić information content (AvgIpc) is 2.39. The molecule has 0 bridgehead atoms. The Morgan fingerprint density at radius 2 is 2.10 bits per heavy atom. The Labute approximate surface area is 127 Å². The number of anilines is 1. The molecule has 1 amide bonds. The predicted octanol–water partition coefficient (Wildman–Crippen LogP) is 1.44. The van der Waals surface area contributed by atoms with Gasteiger partial charge in [0.15, 0.2) is 0 Å². The topological polar surface area (TPSA) is 66.5 Å². The number of hydrogen-bond acceptors (Lipinski definition) is 3. The molecule has 0 aliphatic carbocycles. The summed E-state index contributed by atoms with van der Waals surface area (Å²) >= 11 is 0. The number of aryl methyl sites for hydroxylation is 1. The number of nitrogens with one attached hydrogen (secondary N) is 1. The highest BCUT2D eigenvalue weighted by Crippen LogP contribution is 2.30. The monoisotopic (exact) mass is 306 g/mol. The summed E-state index contributed by atoms with van der Waals surface area (Å²) < 4.78 is 24.6. The highest BCUT2D eigenvalue weighted by molar-refractivity contribution is 8.10. The SMILES string of the molecule is [B]S(=O)(=O)NC(C)c1ccc2c(c1)CCC(=O)N2CCC. The number of rotatable bonds is 5. The molecule has 0 fully saturated rings. The number of hydrogen-bond donors (Lipinski definition) is 1. The largest absolute Gasteiger partial charge is 0.312 e. The van der Waals surface area contributed by atoms with Crippen LogP contribution in [0.15, 0.2) is 18.2 Å². The smallest absolute Gasteiger partial charge is 0.277 e. The van der Waals surface area contributed by atoms with Gasteiger partial charge < -0.3 is 4.90 Å². The zero-order valence-corrected chi connectivity index (χ0v) is 13.1. The molecule has 2 rings (SSSR count). The van der Waals surface area contributed by atoms with Crippen LogP contribution in [0.5, 0.6) is 0 Å². The zero-order valence-electron chi connectivity index (χ0n) is 12.3. The molecule has 112 valence electrons. The molecule has 1 aromatic rings. The molecule has 1 atom stereocenters. The second-order valence-electron chi connectivity index (χ2n) is 5.32. The first-order valence-corrected chi connectivity index (χ1v) is 8.59. The van der Waals surface area contributed by atoms with Crippen LogP contribution in [-0.2, 0) is 21.1 Å². The van der Waals surface area contributed by atoms with E-state index < -0.39 is 15.9 Å². The standard InChI is InChI=1S/C14H19BN2O3S/c1-3-8-17-13-6-4-11(10(2)16-21(15,19)20)9-12(13)5-7-14(17)18/h4,6,9-10,16H,3,5,7-8H2,1-2H3. The lowest BCUT2D eigenvalue weighted by atomic mass is 9.96. The third-order valence-electron chi connectivity index (χ3n) is 3.59. The van der Waals surface area contributed by atoms with Gasteiger partial charge >= 0.3 is 0 Å². The van der Waals surface area contributed by atoms with Crippen LogP contribution in [0.4, 0.5) is 5.69 Å². The maximum Gasteiger partial charge on any atom is 0.277 e. The normalized spacial score (nSPS) is 16.7. The van der Waals surface area contributed by atoms with Crippen LogP contribution in [0.1, 0.15) is 43.9 Å². The van der Waals surface area contributed by atoms with Gasteiger partial charge in [-0.05, 0) is 37.0 Å². The predicted molar refractivity (Wildman–Crippen MR) is 83.6 cm³/mol. The molecule has 0 saturated heterocycles. The third-order valence-corrected chi connectivity index (χ3v) is 4.27. The van der Waals surface area contributed by atoms with Crippen molar-refractivity contribution in [2.24, 2.45) is 0 Å². The fourth-order valence-corrected chi connectivity index (χ4v) is 3.26. The Bertz CT molecular complexity index is 646. The van der Waals surface area contributed by atoms with E-state index in [2.05, 4.69) is 4.72 Å². The first kappa shape index (κ1) is 16.0. The highest BCUT2D eigenvalue weighted by Gasteiger charge is 2.24. The van der Waals surface area contributed by atoms with Crippen molar-refractivity contribution in [3.05, 3.63) is 29.3 Å². The van der Waals surface area contributed by atoms with E-state index in [0.717, 1.165) is 23.2 Å². The molecular formula is C14H19BN2O3S. The molecule has 2 radical (unpaired) electrons. The van der Waals surface area contributed by atoms with Crippen LogP contribution < -0.4 is 9.62 Å². The number of amides is 1. The highest BCUT2D eigenvalue weighted by atomic mass is 32.2. The number of fused-ring (bicyclic) bond motifs is 1. The molecule has 1 unspecified atom stereocenters. The Kier molecular flexibility index (Phi) is 4.73. The molecule has 21 heavy (non-hydrogen) atoms. The molecular weight excluding hydrogens is 287 g/mol. The number of carbonyl (C=O) groups excluding carboxylic acids is 1. The Morgan fingerprint density at radius 1 is 1.38 bits per heavy atom. The van der Waals surface area contributed by atoms with E-state index in [1.54, 1.807) is 11.8 Å². The number of benzene rings is 1. The minimum absolute atomic E-state index is 0.146. The molecule has 1 aromatic carbocycles. The van der Waals surface area contributed by atoms with Gasteiger partial charge in [-0.25, -0.2) is 13.1 Å². The minimum atomic E-state index is -3.74. The van der Waals surface area contributed by atoms with Crippen LogP contribution in [0.25, 0.3) is 0 Å². The van der Waals surface area contributed by atoms with Gasteiger partial charge in [0, 0.05) is 24.7 Å². The van der Waals surface area contributed by atoms with E-state index in [4.69, 9.17) is 7.12 Å². The van der Waals surface area contributed by atoms with E-state index >= 15 is 0 Å². The molecule has 7 heteroatoms. The van der Waals surface area contributed by atoms with Crippen LogP contribution in [0, 0.1) is 0 Å². The van der Waals surface area contributed by atoms with Gasteiger partial charge in [0.25, 0.3) is 7.12 Å². The molecule has 1 N–H and O–H groups in total. The van der Waals surface area contributed by atoms with Crippen molar-refractivity contribution < 1.29 is 13.2 Å². The van der Waals surface area contributed by atoms with Gasteiger partial charge in [-0.2, -0.15) is 0 Å². The Balaban J connectivity index is 2.29. The third kappa shape index (κ3) is 3.86. The van der Waals surface area contributed by atoms with Gasteiger partial charge in [0.1, 0.15) is 9.87 Å². The lowest BCUT2D eigenvalue weighted by Crippen LogP contribution is -2.35. The lowest BCUT2D eigenvalue weighted by Gasteiger charge is -2.30. The van der Waals surface area contributed by atoms with Crippen molar-refractivity contribution in [1.82, 2.24) is 4.72 Å². The van der Waals surface area contributed by atoms with E-state index in [1.807, 2.05) is 25.1 Å². The summed E-state index contributed by atoms with van der Waals surface area (Å²) in [6, 6.07) is 5.28. The summed E-state index contributed by atoms with van der Waals surface area (Å²) in [5, 5.41) is 0. The lowest BCUT2D eigenvalue weighted by molar-refractivity contribution is -0.118. The fourth-order valence-electron chi connectivity index (χ4n) is 2.63. The first-order valence-electron chi connectivity index (χ1n) is 7.05. The Hall–Kier alpha value is -1.34. The summed E-state index contributed by atoms with van der Waals surface area (Å²) in [7, 11) is 1.26. The summed E-state index contributed by atoms with van der Waals surface area (Å²) in [4.78, 5) is 13.8.